The van der Waals surface area contributed by atoms with E-state index in [1.54, 1.807) is 7.05 Å². The van der Waals surface area contributed by atoms with Crippen LogP contribution < -0.4 is 16.4 Å². The van der Waals surface area contributed by atoms with Gasteiger partial charge < -0.3 is 16.4 Å². The van der Waals surface area contributed by atoms with Crippen molar-refractivity contribution in [1.82, 2.24) is 10.6 Å². The second kappa shape index (κ2) is 7.32. The van der Waals surface area contributed by atoms with Crippen LogP contribution in [-0.2, 0) is 9.59 Å². The average Bonchev–Trinajstić information content (AvgIpc) is 2.17. The normalized spacial score (nSPS) is 11.9. The third-order valence-electron chi connectivity index (χ3n) is 1.89. The molecular weight excluding hydrogens is 182 g/mol. The van der Waals surface area contributed by atoms with Crippen molar-refractivity contribution in [2.45, 2.75) is 19.8 Å². The van der Waals surface area contributed by atoms with E-state index in [-0.39, 0.29) is 17.7 Å². The highest BCUT2D eigenvalue weighted by molar-refractivity contribution is 5.78. The van der Waals surface area contributed by atoms with E-state index in [0.717, 1.165) is 0 Å². The summed E-state index contributed by atoms with van der Waals surface area (Å²) in [5.74, 6) is 0.0685. The Kier molecular flexibility index (Phi) is 6.74. The van der Waals surface area contributed by atoms with Crippen LogP contribution in [0.25, 0.3) is 0 Å². The molecule has 0 heterocycles. The van der Waals surface area contributed by atoms with Gasteiger partial charge in [0.05, 0.1) is 0 Å². The Morgan fingerprint density at radius 3 is 2.50 bits per heavy atom. The van der Waals surface area contributed by atoms with Crippen molar-refractivity contribution in [1.29, 1.82) is 0 Å². The first-order chi connectivity index (χ1) is 6.60. The molecule has 4 N–H and O–H groups in total. The summed E-state index contributed by atoms with van der Waals surface area (Å²) in [6.45, 7) is 2.80. The lowest BCUT2D eigenvalue weighted by Crippen LogP contribution is -2.31. The fraction of sp³-hybridized carbons (Fsp3) is 0.778. The van der Waals surface area contributed by atoms with Crippen molar-refractivity contribution in [3.63, 3.8) is 0 Å². The molecule has 0 radical (unpaired) electrons. The SMILES string of the molecule is CNC(=O)CCNC(=O)CC(C)CN. The lowest BCUT2D eigenvalue weighted by Gasteiger charge is -2.08. The van der Waals surface area contributed by atoms with Crippen molar-refractivity contribution in [2.75, 3.05) is 20.1 Å². The molecule has 1 atom stereocenters. The van der Waals surface area contributed by atoms with Crippen LogP contribution in [0.2, 0.25) is 0 Å². The number of rotatable bonds is 6. The summed E-state index contributed by atoms with van der Waals surface area (Å²) >= 11 is 0. The van der Waals surface area contributed by atoms with E-state index in [0.29, 0.717) is 25.9 Å². The fourth-order valence-electron chi connectivity index (χ4n) is 0.912. The summed E-state index contributed by atoms with van der Waals surface area (Å²) in [6.07, 6.45) is 0.740. The van der Waals surface area contributed by atoms with Crippen molar-refractivity contribution in [3.8, 4) is 0 Å². The van der Waals surface area contributed by atoms with E-state index in [1.807, 2.05) is 6.92 Å². The Hall–Kier alpha value is -1.10. The van der Waals surface area contributed by atoms with Gasteiger partial charge in [-0.05, 0) is 12.5 Å². The van der Waals surface area contributed by atoms with Gasteiger partial charge >= 0.3 is 0 Å². The van der Waals surface area contributed by atoms with Gasteiger partial charge in [-0.3, -0.25) is 9.59 Å². The molecule has 0 aromatic rings. The summed E-state index contributed by atoms with van der Waals surface area (Å²) in [4.78, 5) is 22.0. The largest absolute Gasteiger partial charge is 0.359 e. The second-order valence-electron chi connectivity index (χ2n) is 3.32. The van der Waals surface area contributed by atoms with Crippen molar-refractivity contribution >= 4 is 11.8 Å². The highest BCUT2D eigenvalue weighted by atomic mass is 16.2. The van der Waals surface area contributed by atoms with Crippen molar-refractivity contribution in [3.05, 3.63) is 0 Å². The zero-order chi connectivity index (χ0) is 11.0. The first-order valence-corrected chi connectivity index (χ1v) is 4.77. The van der Waals surface area contributed by atoms with Crippen LogP contribution in [0.4, 0.5) is 0 Å². The summed E-state index contributed by atoms with van der Waals surface area (Å²) in [5.41, 5.74) is 5.37. The van der Waals surface area contributed by atoms with E-state index in [2.05, 4.69) is 10.6 Å². The predicted molar refractivity (Wildman–Crippen MR) is 54.5 cm³/mol. The highest BCUT2D eigenvalue weighted by Crippen LogP contribution is 1.97. The monoisotopic (exact) mass is 201 g/mol. The maximum absolute atomic E-state index is 11.2. The van der Waals surface area contributed by atoms with Crippen molar-refractivity contribution in [2.24, 2.45) is 11.7 Å². The summed E-state index contributed by atoms with van der Waals surface area (Å²) in [5, 5.41) is 5.14. The van der Waals surface area contributed by atoms with Gasteiger partial charge in [-0.15, -0.1) is 0 Å². The van der Waals surface area contributed by atoms with Crippen LogP contribution in [0.3, 0.4) is 0 Å². The minimum atomic E-state index is -0.0721. The number of carbonyl (C=O) groups excluding carboxylic acids is 2. The van der Waals surface area contributed by atoms with Gasteiger partial charge in [0.15, 0.2) is 0 Å². The Morgan fingerprint density at radius 2 is 2.00 bits per heavy atom. The van der Waals surface area contributed by atoms with Crippen LogP contribution in [-0.4, -0.2) is 32.0 Å². The molecule has 5 nitrogen and oxygen atoms in total. The average molecular weight is 201 g/mol. The molecule has 0 rings (SSSR count). The molecule has 0 saturated heterocycles. The minimum Gasteiger partial charge on any atom is -0.359 e. The molecule has 5 heteroatoms. The number of carbonyl (C=O) groups is 2. The van der Waals surface area contributed by atoms with Crippen LogP contribution in [0.15, 0.2) is 0 Å². The molecule has 0 saturated carbocycles. The molecule has 0 aliphatic heterocycles. The molecule has 0 bridgehead atoms. The van der Waals surface area contributed by atoms with E-state index >= 15 is 0 Å². The Balaban J connectivity index is 3.49. The smallest absolute Gasteiger partial charge is 0.221 e. The van der Waals surface area contributed by atoms with E-state index in [4.69, 9.17) is 5.73 Å². The zero-order valence-electron chi connectivity index (χ0n) is 8.80. The van der Waals surface area contributed by atoms with Gasteiger partial charge in [-0.25, -0.2) is 0 Å². The molecular formula is C9H19N3O2. The zero-order valence-corrected chi connectivity index (χ0v) is 8.80. The third kappa shape index (κ3) is 6.42. The molecule has 2 amide bonds. The van der Waals surface area contributed by atoms with E-state index < -0.39 is 0 Å². The Bertz CT molecular complexity index is 194. The number of amides is 2. The van der Waals surface area contributed by atoms with Gasteiger partial charge in [-0.2, -0.15) is 0 Å². The first-order valence-electron chi connectivity index (χ1n) is 4.77. The molecule has 0 aromatic heterocycles. The topological polar surface area (TPSA) is 84.2 Å². The number of nitrogens with two attached hydrogens (primary N) is 1. The number of hydrogen-bond acceptors (Lipinski definition) is 3. The van der Waals surface area contributed by atoms with Gasteiger partial charge in [0.1, 0.15) is 0 Å². The maximum atomic E-state index is 11.2. The maximum Gasteiger partial charge on any atom is 0.221 e. The Labute approximate surface area is 84.4 Å². The molecule has 1 unspecified atom stereocenters. The number of nitrogens with one attached hydrogen (secondary N) is 2. The van der Waals surface area contributed by atoms with E-state index in [9.17, 15) is 9.59 Å². The van der Waals surface area contributed by atoms with Gasteiger partial charge in [0, 0.05) is 26.4 Å². The van der Waals surface area contributed by atoms with Gasteiger partial charge in [-0.1, -0.05) is 6.92 Å². The predicted octanol–water partition coefficient (Wildman–Crippen LogP) is -0.776. The van der Waals surface area contributed by atoms with Crippen LogP contribution in [0, 0.1) is 5.92 Å². The molecule has 82 valence electrons. The molecule has 0 aliphatic carbocycles. The summed E-state index contributed by atoms with van der Waals surface area (Å²) in [6, 6.07) is 0. The number of hydrogen-bond donors (Lipinski definition) is 3. The van der Waals surface area contributed by atoms with Crippen LogP contribution in [0.1, 0.15) is 19.8 Å². The van der Waals surface area contributed by atoms with E-state index in [1.165, 1.54) is 0 Å². The second-order valence-corrected chi connectivity index (χ2v) is 3.32. The molecule has 0 aromatic carbocycles. The third-order valence-corrected chi connectivity index (χ3v) is 1.89. The fourth-order valence-corrected chi connectivity index (χ4v) is 0.912. The lowest BCUT2D eigenvalue weighted by molar-refractivity contribution is -0.122. The van der Waals surface area contributed by atoms with Crippen LogP contribution >= 0.6 is 0 Å². The van der Waals surface area contributed by atoms with Crippen molar-refractivity contribution < 1.29 is 9.59 Å². The van der Waals surface area contributed by atoms with Crippen LogP contribution in [0.5, 0.6) is 0 Å². The van der Waals surface area contributed by atoms with Gasteiger partial charge in [0.2, 0.25) is 11.8 Å². The standard InChI is InChI=1S/C9H19N3O2/c1-7(6-10)5-9(14)12-4-3-8(13)11-2/h7H,3-6,10H2,1-2H3,(H,11,13)(H,12,14). The Morgan fingerprint density at radius 1 is 1.36 bits per heavy atom. The molecule has 14 heavy (non-hydrogen) atoms. The lowest BCUT2D eigenvalue weighted by atomic mass is 10.1. The quantitative estimate of drug-likeness (QED) is 0.527. The molecule has 0 fully saturated rings. The molecule has 0 spiro atoms. The minimum absolute atomic E-state index is 0.0492. The van der Waals surface area contributed by atoms with Gasteiger partial charge in [0.25, 0.3) is 0 Å². The highest BCUT2D eigenvalue weighted by Gasteiger charge is 2.07. The summed E-state index contributed by atoms with van der Waals surface area (Å²) < 4.78 is 0. The molecule has 0 aliphatic rings. The summed E-state index contributed by atoms with van der Waals surface area (Å²) in [7, 11) is 1.57. The first kappa shape index (κ1) is 12.9.